The summed E-state index contributed by atoms with van der Waals surface area (Å²) in [6, 6.07) is 4.40. The zero-order valence-corrected chi connectivity index (χ0v) is 8.97. The van der Waals surface area contributed by atoms with Crippen molar-refractivity contribution in [3.8, 4) is 0 Å². The van der Waals surface area contributed by atoms with Crippen molar-refractivity contribution in [2.24, 2.45) is 5.73 Å². The minimum atomic E-state index is -0.407. The molecule has 1 rings (SSSR count). The normalized spacial score (nSPS) is 9.93. The molecule has 3 N–H and O–H groups in total. The molecule has 1 amide bonds. The molecule has 0 atom stereocenters. The number of hydrogen-bond donors (Lipinski definition) is 2. The van der Waals surface area contributed by atoms with Crippen molar-refractivity contribution in [2.75, 3.05) is 11.9 Å². The highest BCUT2D eigenvalue weighted by atomic mass is 79.9. The molecule has 0 aliphatic rings. The Labute approximate surface area is 89.6 Å². The molecular weight excluding hydrogens is 251 g/mol. The minimum absolute atomic E-state index is 0.214. The Hall–Kier alpha value is -0.940. The van der Waals surface area contributed by atoms with Crippen molar-refractivity contribution < 1.29 is 9.18 Å². The molecule has 0 radical (unpaired) electrons. The quantitative estimate of drug-likeness (QED) is 0.872. The third-order valence-electron chi connectivity index (χ3n) is 1.57. The number of amides is 1. The Balaban J connectivity index is 2.68. The Morgan fingerprint density at radius 2 is 2.29 bits per heavy atom. The fraction of sp³-hybridized carbons (Fsp3) is 0.222. The summed E-state index contributed by atoms with van der Waals surface area (Å²) in [6.45, 7) is 0.283. The molecular formula is C9H10BrFN2O. The van der Waals surface area contributed by atoms with Crippen LogP contribution in [0, 0.1) is 5.82 Å². The molecule has 0 aliphatic carbocycles. The predicted octanol–water partition coefficient (Wildman–Crippen LogP) is 1.88. The van der Waals surface area contributed by atoms with Crippen molar-refractivity contribution in [3.63, 3.8) is 0 Å². The molecule has 5 heteroatoms. The minimum Gasteiger partial charge on any atom is -0.330 e. The van der Waals surface area contributed by atoms with Crippen molar-refractivity contribution in [2.45, 2.75) is 6.42 Å². The van der Waals surface area contributed by atoms with Gasteiger partial charge in [0.05, 0.1) is 4.47 Å². The molecule has 14 heavy (non-hydrogen) atoms. The van der Waals surface area contributed by atoms with Crippen molar-refractivity contribution in [3.05, 3.63) is 28.5 Å². The van der Waals surface area contributed by atoms with E-state index in [4.69, 9.17) is 5.73 Å². The van der Waals surface area contributed by atoms with Gasteiger partial charge < -0.3 is 11.1 Å². The van der Waals surface area contributed by atoms with E-state index in [1.807, 2.05) is 0 Å². The lowest BCUT2D eigenvalue weighted by atomic mass is 10.3. The number of anilines is 1. The van der Waals surface area contributed by atoms with E-state index in [-0.39, 0.29) is 18.9 Å². The molecule has 0 saturated carbocycles. The van der Waals surface area contributed by atoms with Crippen LogP contribution in [0.25, 0.3) is 0 Å². The maximum Gasteiger partial charge on any atom is 0.225 e. The molecule has 1 aromatic carbocycles. The van der Waals surface area contributed by atoms with Gasteiger partial charge in [-0.25, -0.2) is 4.39 Å². The number of benzene rings is 1. The molecule has 0 fully saturated rings. The van der Waals surface area contributed by atoms with E-state index in [2.05, 4.69) is 21.2 Å². The number of hydrogen-bond acceptors (Lipinski definition) is 2. The van der Waals surface area contributed by atoms with Crippen LogP contribution in [0.15, 0.2) is 22.7 Å². The fourth-order valence-corrected chi connectivity index (χ4v) is 1.18. The SMILES string of the molecule is NCCC(=O)Nc1ccc(Br)c(F)c1. The highest BCUT2D eigenvalue weighted by Gasteiger charge is 2.03. The summed E-state index contributed by atoms with van der Waals surface area (Å²) in [5.41, 5.74) is 5.63. The second-order valence-corrected chi connectivity index (χ2v) is 3.57. The second kappa shape index (κ2) is 5.07. The van der Waals surface area contributed by atoms with Crippen molar-refractivity contribution >= 4 is 27.5 Å². The maximum atomic E-state index is 13.0. The number of carbonyl (C=O) groups excluding carboxylic acids is 1. The van der Waals surface area contributed by atoms with E-state index in [0.29, 0.717) is 10.2 Å². The zero-order chi connectivity index (χ0) is 10.6. The van der Waals surface area contributed by atoms with E-state index in [1.165, 1.54) is 12.1 Å². The van der Waals surface area contributed by atoms with Gasteiger partial charge in [-0.1, -0.05) is 0 Å². The Bertz CT molecular complexity index is 344. The van der Waals surface area contributed by atoms with Gasteiger partial charge >= 0.3 is 0 Å². The summed E-state index contributed by atoms with van der Waals surface area (Å²) in [4.78, 5) is 11.1. The van der Waals surface area contributed by atoms with Gasteiger partial charge in [-0.2, -0.15) is 0 Å². The van der Waals surface area contributed by atoms with Gasteiger partial charge in [0.25, 0.3) is 0 Å². The Morgan fingerprint density at radius 1 is 1.57 bits per heavy atom. The summed E-state index contributed by atoms with van der Waals surface area (Å²) in [5, 5.41) is 2.53. The van der Waals surface area contributed by atoms with E-state index in [9.17, 15) is 9.18 Å². The van der Waals surface area contributed by atoms with Crippen LogP contribution >= 0.6 is 15.9 Å². The largest absolute Gasteiger partial charge is 0.330 e. The molecule has 0 aliphatic heterocycles. The number of halogens is 2. The Morgan fingerprint density at radius 3 is 2.86 bits per heavy atom. The van der Waals surface area contributed by atoms with Gasteiger partial charge in [0.1, 0.15) is 5.82 Å². The predicted molar refractivity (Wildman–Crippen MR) is 56.4 cm³/mol. The summed E-state index contributed by atoms with van der Waals surface area (Å²) in [6.07, 6.45) is 0.234. The molecule has 0 heterocycles. The average Bonchev–Trinajstić information content (AvgIpc) is 2.12. The van der Waals surface area contributed by atoms with Crippen LogP contribution < -0.4 is 11.1 Å². The average molecular weight is 261 g/mol. The van der Waals surface area contributed by atoms with E-state index >= 15 is 0 Å². The number of carbonyl (C=O) groups is 1. The van der Waals surface area contributed by atoms with Crippen LogP contribution in [-0.2, 0) is 4.79 Å². The van der Waals surface area contributed by atoms with Gasteiger partial charge in [-0.05, 0) is 34.1 Å². The maximum absolute atomic E-state index is 13.0. The van der Waals surface area contributed by atoms with Crippen molar-refractivity contribution in [1.29, 1.82) is 0 Å². The fourth-order valence-electron chi connectivity index (χ4n) is 0.928. The topological polar surface area (TPSA) is 55.1 Å². The number of nitrogens with two attached hydrogens (primary N) is 1. The van der Waals surface area contributed by atoms with Gasteiger partial charge in [-0.3, -0.25) is 4.79 Å². The van der Waals surface area contributed by atoms with Gasteiger partial charge in [-0.15, -0.1) is 0 Å². The molecule has 0 aromatic heterocycles. The molecule has 0 unspecified atom stereocenters. The zero-order valence-electron chi connectivity index (χ0n) is 7.39. The van der Waals surface area contributed by atoms with E-state index < -0.39 is 5.82 Å². The van der Waals surface area contributed by atoms with E-state index in [1.54, 1.807) is 6.07 Å². The first kappa shape index (κ1) is 11.1. The third-order valence-corrected chi connectivity index (χ3v) is 2.22. The Kier molecular flexibility index (Phi) is 4.03. The molecule has 0 spiro atoms. The first-order chi connectivity index (χ1) is 6.63. The summed E-state index contributed by atoms with van der Waals surface area (Å²) in [7, 11) is 0. The first-order valence-electron chi connectivity index (χ1n) is 4.08. The lowest BCUT2D eigenvalue weighted by Crippen LogP contribution is -2.16. The van der Waals surface area contributed by atoms with Crippen LogP contribution in [0.5, 0.6) is 0 Å². The van der Waals surface area contributed by atoms with Crippen LogP contribution in [-0.4, -0.2) is 12.5 Å². The van der Waals surface area contributed by atoms with Crippen molar-refractivity contribution in [1.82, 2.24) is 0 Å². The van der Waals surface area contributed by atoms with Gasteiger partial charge in [0.2, 0.25) is 5.91 Å². The van der Waals surface area contributed by atoms with Gasteiger partial charge in [0, 0.05) is 18.7 Å². The van der Waals surface area contributed by atoms with Crippen LogP contribution in [0.3, 0.4) is 0 Å². The first-order valence-corrected chi connectivity index (χ1v) is 4.87. The lowest BCUT2D eigenvalue weighted by molar-refractivity contribution is -0.116. The van der Waals surface area contributed by atoms with E-state index in [0.717, 1.165) is 0 Å². The molecule has 0 bridgehead atoms. The summed E-state index contributed by atoms with van der Waals surface area (Å²) >= 11 is 3.02. The highest BCUT2D eigenvalue weighted by Crippen LogP contribution is 2.19. The van der Waals surface area contributed by atoms with Gasteiger partial charge in [0.15, 0.2) is 0 Å². The lowest BCUT2D eigenvalue weighted by Gasteiger charge is -2.04. The summed E-state index contributed by atoms with van der Waals surface area (Å²) < 4.78 is 13.4. The molecule has 1 aromatic rings. The molecule has 76 valence electrons. The van der Waals surface area contributed by atoms with Crippen LogP contribution in [0.2, 0.25) is 0 Å². The van der Waals surface area contributed by atoms with Crippen LogP contribution in [0.1, 0.15) is 6.42 Å². The molecule has 3 nitrogen and oxygen atoms in total. The van der Waals surface area contributed by atoms with Crippen LogP contribution in [0.4, 0.5) is 10.1 Å². The standard InChI is InChI=1S/C9H10BrFN2O/c10-7-2-1-6(5-8(7)11)13-9(14)3-4-12/h1-2,5H,3-4,12H2,(H,13,14). The monoisotopic (exact) mass is 260 g/mol. The summed E-state index contributed by atoms with van der Waals surface area (Å²) in [5.74, 6) is -0.621. The number of rotatable bonds is 3. The highest BCUT2D eigenvalue weighted by molar-refractivity contribution is 9.10. The second-order valence-electron chi connectivity index (χ2n) is 2.72. The molecule has 0 saturated heterocycles. The smallest absolute Gasteiger partial charge is 0.225 e. The third kappa shape index (κ3) is 3.08. The number of nitrogens with one attached hydrogen (secondary N) is 1.